The van der Waals surface area contributed by atoms with Gasteiger partial charge in [0.05, 0.1) is 13.0 Å². The highest BCUT2D eigenvalue weighted by Gasteiger charge is 2.89. The van der Waals surface area contributed by atoms with E-state index in [0.717, 1.165) is 0 Å². The lowest BCUT2D eigenvalue weighted by molar-refractivity contribution is -0.427. The maximum atomic E-state index is 14.4. The van der Waals surface area contributed by atoms with Crippen molar-refractivity contribution in [1.82, 2.24) is 0 Å². The lowest BCUT2D eigenvalue weighted by Gasteiger charge is -2.42. The van der Waals surface area contributed by atoms with Crippen LogP contribution in [0, 0.1) is 5.92 Å². The maximum absolute atomic E-state index is 14.4. The van der Waals surface area contributed by atoms with E-state index in [2.05, 4.69) is 40.5 Å². The molecule has 0 saturated carbocycles. The molecular weight excluding hydrogens is 600 g/mol. The molecule has 0 aliphatic carbocycles. The molecule has 0 aromatic heterocycles. The Bertz CT molecular complexity index is 1010. The smallest absolute Gasteiger partial charge is 0.384 e. The van der Waals surface area contributed by atoms with Gasteiger partial charge in [-0.1, -0.05) is 25.8 Å². The van der Waals surface area contributed by atoms with Crippen LogP contribution in [0.5, 0.6) is 0 Å². The number of hydrogen-bond donors (Lipinski definition) is 0. The van der Waals surface area contributed by atoms with Gasteiger partial charge in [0.2, 0.25) is 0 Å². The molecule has 0 amide bonds. The summed E-state index contributed by atoms with van der Waals surface area (Å²) in [6, 6.07) is 0. The van der Waals surface area contributed by atoms with Gasteiger partial charge in [-0.05, 0) is 0 Å². The Labute approximate surface area is 224 Å². The van der Waals surface area contributed by atoms with Gasteiger partial charge >= 0.3 is 53.4 Å². The van der Waals surface area contributed by atoms with Crippen molar-refractivity contribution in [3.63, 3.8) is 0 Å². The summed E-state index contributed by atoms with van der Waals surface area (Å²) >= 11 is 0. The van der Waals surface area contributed by atoms with Crippen LogP contribution in [-0.2, 0) is 28.6 Å². The van der Waals surface area contributed by atoms with E-state index in [0.29, 0.717) is 18.2 Å². The van der Waals surface area contributed by atoms with Gasteiger partial charge in [-0.3, -0.25) is 0 Å². The third kappa shape index (κ3) is 8.06. The van der Waals surface area contributed by atoms with Crippen LogP contribution in [0.3, 0.4) is 0 Å². The minimum atomic E-state index is -7.90. The summed E-state index contributed by atoms with van der Waals surface area (Å²) in [6.07, 6.45) is -6.75. The van der Waals surface area contributed by atoms with Gasteiger partial charge in [0, 0.05) is 30.6 Å². The Morgan fingerprint density at radius 1 is 0.561 bits per heavy atom. The predicted octanol–water partition coefficient (Wildman–Crippen LogP) is 5.94. The third-order valence-corrected chi connectivity index (χ3v) is 5.07. The number of alkyl halides is 12. The Kier molecular flexibility index (Phi) is 12.3. The first-order valence-electron chi connectivity index (χ1n) is 10.7. The van der Waals surface area contributed by atoms with Crippen molar-refractivity contribution in [2.45, 2.75) is 54.5 Å². The van der Waals surface area contributed by atoms with Gasteiger partial charge in [0.1, 0.15) is 12.7 Å². The van der Waals surface area contributed by atoms with Crippen LogP contribution >= 0.6 is 0 Å². The zero-order valence-electron chi connectivity index (χ0n) is 20.6. The van der Waals surface area contributed by atoms with Gasteiger partial charge in [0.15, 0.2) is 0 Å². The van der Waals surface area contributed by atoms with E-state index in [9.17, 15) is 67.1 Å². The Balaban J connectivity index is 6.37. The van der Waals surface area contributed by atoms with Crippen molar-refractivity contribution in [3.05, 3.63) is 50.6 Å². The van der Waals surface area contributed by atoms with E-state index in [4.69, 9.17) is 0 Å². The van der Waals surface area contributed by atoms with Crippen molar-refractivity contribution < 1.29 is 81.3 Å². The second-order valence-electron chi connectivity index (χ2n) is 8.04. The molecule has 0 aromatic carbocycles. The second kappa shape index (κ2) is 13.5. The third-order valence-electron chi connectivity index (χ3n) is 5.07. The summed E-state index contributed by atoms with van der Waals surface area (Å²) < 4.78 is 184. The molecule has 2 unspecified atom stereocenters. The van der Waals surface area contributed by atoms with Crippen molar-refractivity contribution >= 4 is 17.9 Å². The molecule has 234 valence electrons. The normalized spacial score (nSPS) is 14.7. The zero-order chi connectivity index (χ0) is 32.7. The lowest BCUT2D eigenvalue weighted by atomic mass is 9.87. The highest BCUT2D eigenvalue weighted by Crippen LogP contribution is 2.61. The fourth-order valence-corrected chi connectivity index (χ4v) is 2.76. The van der Waals surface area contributed by atoms with Crippen molar-refractivity contribution in [1.29, 1.82) is 0 Å². The summed E-state index contributed by atoms with van der Waals surface area (Å²) in [5.74, 6) is -50.2. The molecule has 0 heterocycles. The predicted molar refractivity (Wildman–Crippen MR) is 115 cm³/mol. The lowest BCUT2D eigenvalue weighted by Crippen LogP contribution is -2.71. The minimum Gasteiger partial charge on any atom is -0.462 e. The number of halogens is 12. The zero-order valence-corrected chi connectivity index (χ0v) is 20.6. The van der Waals surface area contributed by atoms with Crippen LogP contribution < -0.4 is 0 Å². The Hall–Kier alpha value is -3.47. The average Bonchev–Trinajstić information content (AvgIpc) is 2.87. The number of carbonyl (C=O) groups is 3. The first kappa shape index (κ1) is 37.5. The van der Waals surface area contributed by atoms with Crippen LogP contribution in [0.25, 0.3) is 0 Å². The summed E-state index contributed by atoms with van der Waals surface area (Å²) in [5, 5.41) is 0. The Morgan fingerprint density at radius 3 is 1.29 bits per heavy atom. The van der Waals surface area contributed by atoms with E-state index >= 15 is 0 Å². The van der Waals surface area contributed by atoms with Gasteiger partial charge in [-0.2, -0.15) is 52.7 Å². The molecule has 6 nitrogen and oxygen atoms in total. The first-order chi connectivity index (χ1) is 18.4. The molecule has 18 heteroatoms. The number of esters is 3. The summed E-state index contributed by atoms with van der Waals surface area (Å²) in [5.41, 5.74) is 0. The number of rotatable bonds is 18. The molecule has 0 bridgehead atoms. The number of carbonyl (C=O) groups excluding carboxylic acids is 3. The second-order valence-corrected chi connectivity index (χ2v) is 8.04. The van der Waals surface area contributed by atoms with E-state index in [1.165, 1.54) is 0 Å². The standard InChI is InChI=1S/C23H22F12O6/c1-5-13(11-39-15(36)6-2)9-18(24,25)20(28,29)22(32,33)23(34,35)21(30,31)19(26,27)10-14(41-17(38)8-4)12-40-16(37)7-3/h5-8,13-14H,1-4,9-12H2. The molecule has 0 aromatic rings. The van der Waals surface area contributed by atoms with Gasteiger partial charge < -0.3 is 14.2 Å². The summed E-state index contributed by atoms with van der Waals surface area (Å²) in [6.45, 7) is 8.60. The van der Waals surface area contributed by atoms with Crippen molar-refractivity contribution in [2.24, 2.45) is 5.92 Å². The first-order valence-corrected chi connectivity index (χ1v) is 10.7. The summed E-state index contributed by atoms with van der Waals surface area (Å²) in [4.78, 5) is 33.3. The number of ether oxygens (including phenoxy) is 3. The molecule has 0 aliphatic rings. The van der Waals surface area contributed by atoms with Gasteiger partial charge in [-0.15, -0.1) is 6.58 Å². The van der Waals surface area contributed by atoms with Crippen molar-refractivity contribution in [2.75, 3.05) is 13.2 Å². The average molecular weight is 622 g/mol. The van der Waals surface area contributed by atoms with Crippen LogP contribution in [-0.4, -0.2) is 72.8 Å². The molecule has 0 N–H and O–H groups in total. The van der Waals surface area contributed by atoms with E-state index in [1.807, 2.05) is 0 Å². The molecule has 41 heavy (non-hydrogen) atoms. The topological polar surface area (TPSA) is 78.9 Å². The van der Waals surface area contributed by atoms with E-state index < -0.39 is 91.5 Å². The van der Waals surface area contributed by atoms with Crippen LogP contribution in [0.15, 0.2) is 50.6 Å². The van der Waals surface area contributed by atoms with Crippen LogP contribution in [0.2, 0.25) is 0 Å². The van der Waals surface area contributed by atoms with Crippen molar-refractivity contribution in [3.8, 4) is 0 Å². The maximum Gasteiger partial charge on any atom is 0.384 e. The quantitative estimate of drug-likeness (QED) is 0.0620. The monoisotopic (exact) mass is 622 g/mol. The van der Waals surface area contributed by atoms with Gasteiger partial charge in [0.25, 0.3) is 0 Å². The van der Waals surface area contributed by atoms with E-state index in [-0.39, 0.29) is 6.08 Å². The van der Waals surface area contributed by atoms with E-state index in [1.54, 1.807) is 0 Å². The molecule has 2 atom stereocenters. The fraction of sp³-hybridized carbons (Fsp3) is 0.522. The fourth-order valence-electron chi connectivity index (χ4n) is 2.76. The number of hydrogen-bond acceptors (Lipinski definition) is 6. The summed E-state index contributed by atoms with van der Waals surface area (Å²) in [7, 11) is 0. The highest BCUT2D eigenvalue weighted by atomic mass is 19.4. The largest absolute Gasteiger partial charge is 0.462 e. The molecule has 0 fully saturated rings. The SMILES string of the molecule is C=CC(=O)OCC(C=C)CC(F)(F)C(F)(F)C(F)(F)C(F)(F)C(F)(F)C(F)(F)CC(COC(=O)C=C)OC(=O)C=C. The molecule has 0 aliphatic heterocycles. The van der Waals surface area contributed by atoms with Crippen LogP contribution in [0.4, 0.5) is 52.7 Å². The van der Waals surface area contributed by atoms with Gasteiger partial charge in [-0.25, -0.2) is 14.4 Å². The van der Waals surface area contributed by atoms with Crippen LogP contribution in [0.1, 0.15) is 12.8 Å². The molecule has 0 spiro atoms. The molecule has 0 rings (SSSR count). The molecule has 0 saturated heterocycles. The highest BCUT2D eigenvalue weighted by molar-refractivity contribution is 5.82. The Morgan fingerprint density at radius 2 is 0.927 bits per heavy atom. The molecular formula is C23H22F12O6. The minimum absolute atomic E-state index is 0.235. The molecule has 0 radical (unpaired) electrons.